The van der Waals surface area contributed by atoms with Crippen LogP contribution in [0.25, 0.3) is 10.8 Å². The predicted molar refractivity (Wildman–Crippen MR) is 94.2 cm³/mol. The number of aryl methyl sites for hydroxylation is 1. The number of benzene rings is 2. The first-order valence-electron chi connectivity index (χ1n) is 7.18. The fourth-order valence-corrected chi connectivity index (χ4v) is 3.67. The monoisotopic (exact) mass is 324 g/mol. The zero-order chi connectivity index (χ0) is 16.6. The summed E-state index contributed by atoms with van der Waals surface area (Å²) in [6.07, 6.45) is 0. The summed E-state index contributed by atoms with van der Waals surface area (Å²) in [5, 5.41) is 5.21. The van der Waals surface area contributed by atoms with Gasteiger partial charge < -0.3 is 11.1 Å². The van der Waals surface area contributed by atoms with Crippen LogP contribution < -0.4 is 11.1 Å². The Morgan fingerprint density at radius 2 is 1.74 bits per heavy atom. The van der Waals surface area contributed by atoms with Crippen molar-refractivity contribution in [2.24, 2.45) is 5.73 Å². The first kappa shape index (κ1) is 15.2. The number of thiophene rings is 1. The van der Waals surface area contributed by atoms with Crippen LogP contribution in [0.15, 0.2) is 42.5 Å². The van der Waals surface area contributed by atoms with Crippen LogP contribution in [0.2, 0.25) is 0 Å². The lowest BCUT2D eigenvalue weighted by molar-refractivity contribution is 0.100. The number of hydrogen-bond acceptors (Lipinski definition) is 3. The van der Waals surface area contributed by atoms with Gasteiger partial charge in [-0.3, -0.25) is 9.59 Å². The molecule has 3 rings (SSSR count). The zero-order valence-corrected chi connectivity index (χ0v) is 13.7. The highest BCUT2D eigenvalue weighted by Gasteiger charge is 2.20. The van der Waals surface area contributed by atoms with Crippen molar-refractivity contribution in [3.8, 4) is 0 Å². The highest BCUT2D eigenvalue weighted by atomic mass is 32.1. The first-order valence-corrected chi connectivity index (χ1v) is 7.99. The minimum absolute atomic E-state index is 0.245. The molecule has 0 saturated carbocycles. The molecule has 0 aliphatic carbocycles. The number of anilines is 1. The second-order valence-corrected chi connectivity index (χ2v) is 6.56. The predicted octanol–water partition coefficient (Wildman–Crippen LogP) is 3.87. The van der Waals surface area contributed by atoms with Gasteiger partial charge in [0, 0.05) is 10.4 Å². The average molecular weight is 324 g/mol. The lowest BCUT2D eigenvalue weighted by Crippen LogP contribution is -2.17. The van der Waals surface area contributed by atoms with Crippen LogP contribution in [-0.4, -0.2) is 11.8 Å². The number of nitrogens with two attached hydrogens (primary N) is 1. The van der Waals surface area contributed by atoms with Gasteiger partial charge in [-0.15, -0.1) is 11.3 Å². The van der Waals surface area contributed by atoms with Gasteiger partial charge >= 0.3 is 0 Å². The van der Waals surface area contributed by atoms with E-state index in [9.17, 15) is 9.59 Å². The van der Waals surface area contributed by atoms with Crippen LogP contribution in [0.5, 0.6) is 0 Å². The molecule has 2 amide bonds. The Morgan fingerprint density at radius 1 is 1.04 bits per heavy atom. The van der Waals surface area contributed by atoms with Crippen molar-refractivity contribution in [3.63, 3.8) is 0 Å². The smallest absolute Gasteiger partial charge is 0.256 e. The fraction of sp³-hybridized carbons (Fsp3) is 0.111. The van der Waals surface area contributed by atoms with Crippen molar-refractivity contribution in [2.45, 2.75) is 13.8 Å². The van der Waals surface area contributed by atoms with Gasteiger partial charge in [0.25, 0.3) is 11.8 Å². The first-order chi connectivity index (χ1) is 11.0. The van der Waals surface area contributed by atoms with E-state index in [4.69, 9.17) is 5.73 Å². The van der Waals surface area contributed by atoms with Gasteiger partial charge in [-0.05, 0) is 36.2 Å². The number of carbonyl (C=O) groups is 2. The minimum atomic E-state index is -0.528. The van der Waals surface area contributed by atoms with E-state index in [0.717, 1.165) is 21.2 Å². The zero-order valence-electron chi connectivity index (χ0n) is 12.8. The quantitative estimate of drug-likeness (QED) is 0.767. The van der Waals surface area contributed by atoms with Gasteiger partial charge in [-0.1, -0.05) is 36.4 Å². The van der Waals surface area contributed by atoms with Crippen molar-refractivity contribution >= 4 is 38.9 Å². The SMILES string of the molecule is Cc1sc(NC(=O)c2cccc3ccccc23)c(C(N)=O)c1C. The van der Waals surface area contributed by atoms with Gasteiger partial charge in [-0.2, -0.15) is 0 Å². The van der Waals surface area contributed by atoms with Crippen molar-refractivity contribution in [3.05, 3.63) is 64.0 Å². The number of fused-ring (bicyclic) bond motifs is 1. The van der Waals surface area contributed by atoms with Gasteiger partial charge in [0.2, 0.25) is 0 Å². The van der Waals surface area contributed by atoms with Gasteiger partial charge in [0.1, 0.15) is 5.00 Å². The summed E-state index contributed by atoms with van der Waals surface area (Å²) in [7, 11) is 0. The van der Waals surface area contributed by atoms with Crippen molar-refractivity contribution in [1.29, 1.82) is 0 Å². The maximum atomic E-state index is 12.7. The van der Waals surface area contributed by atoms with Gasteiger partial charge in [0.05, 0.1) is 5.56 Å². The Labute approximate surface area is 137 Å². The summed E-state index contributed by atoms with van der Waals surface area (Å²) in [6.45, 7) is 3.74. The van der Waals surface area contributed by atoms with Crippen molar-refractivity contribution in [2.75, 3.05) is 5.32 Å². The van der Waals surface area contributed by atoms with Crippen LogP contribution in [0, 0.1) is 13.8 Å². The van der Waals surface area contributed by atoms with E-state index < -0.39 is 5.91 Å². The molecular weight excluding hydrogens is 308 g/mol. The topological polar surface area (TPSA) is 72.2 Å². The number of rotatable bonds is 3. The highest BCUT2D eigenvalue weighted by molar-refractivity contribution is 7.16. The third-order valence-electron chi connectivity index (χ3n) is 3.89. The molecule has 0 fully saturated rings. The molecule has 0 aliphatic heterocycles. The molecule has 5 heteroatoms. The van der Waals surface area contributed by atoms with Crippen LogP contribution in [-0.2, 0) is 0 Å². The average Bonchev–Trinajstić information content (AvgIpc) is 2.81. The summed E-state index contributed by atoms with van der Waals surface area (Å²) < 4.78 is 0. The molecule has 0 atom stereocenters. The Bertz CT molecular complexity index is 923. The molecule has 0 saturated heterocycles. The van der Waals surface area contributed by atoms with E-state index in [1.54, 1.807) is 6.07 Å². The largest absolute Gasteiger partial charge is 0.365 e. The summed E-state index contributed by atoms with van der Waals surface area (Å²) in [4.78, 5) is 25.3. The van der Waals surface area contributed by atoms with E-state index >= 15 is 0 Å². The number of nitrogens with one attached hydrogen (secondary N) is 1. The summed E-state index contributed by atoms with van der Waals surface area (Å²) in [5.74, 6) is -0.773. The Balaban J connectivity index is 2.02. The molecule has 4 nitrogen and oxygen atoms in total. The molecule has 23 heavy (non-hydrogen) atoms. The van der Waals surface area contributed by atoms with Crippen molar-refractivity contribution < 1.29 is 9.59 Å². The lowest BCUT2D eigenvalue weighted by Gasteiger charge is -2.08. The number of amides is 2. The second kappa shape index (κ2) is 5.85. The molecule has 0 aliphatic rings. The molecule has 1 heterocycles. The molecule has 1 aromatic heterocycles. The van der Waals surface area contributed by atoms with E-state index in [2.05, 4.69) is 5.32 Å². The summed E-state index contributed by atoms with van der Waals surface area (Å²) in [5.41, 5.74) is 7.23. The molecule has 116 valence electrons. The minimum Gasteiger partial charge on any atom is -0.365 e. The maximum Gasteiger partial charge on any atom is 0.256 e. The van der Waals surface area contributed by atoms with Crippen LogP contribution in [0.3, 0.4) is 0 Å². The lowest BCUT2D eigenvalue weighted by atomic mass is 10.0. The van der Waals surface area contributed by atoms with Crippen LogP contribution in [0.1, 0.15) is 31.2 Å². The third-order valence-corrected chi connectivity index (χ3v) is 5.02. The van der Waals surface area contributed by atoms with E-state index in [1.807, 2.05) is 50.2 Å². The third kappa shape index (κ3) is 2.71. The van der Waals surface area contributed by atoms with Gasteiger partial charge in [0.15, 0.2) is 0 Å². The molecule has 0 spiro atoms. The molecule has 0 unspecified atom stereocenters. The fourth-order valence-electron chi connectivity index (χ4n) is 2.61. The highest BCUT2D eigenvalue weighted by Crippen LogP contribution is 2.32. The molecule has 2 aromatic carbocycles. The second-order valence-electron chi connectivity index (χ2n) is 5.33. The Morgan fingerprint density at radius 3 is 2.48 bits per heavy atom. The van der Waals surface area contributed by atoms with Crippen LogP contribution >= 0.6 is 11.3 Å². The van der Waals surface area contributed by atoms with E-state index in [-0.39, 0.29) is 5.91 Å². The Kier molecular flexibility index (Phi) is 3.88. The number of carbonyl (C=O) groups excluding carboxylic acids is 2. The van der Waals surface area contributed by atoms with Gasteiger partial charge in [-0.25, -0.2) is 0 Å². The molecule has 3 aromatic rings. The van der Waals surface area contributed by atoms with Crippen molar-refractivity contribution in [1.82, 2.24) is 0 Å². The number of hydrogen-bond donors (Lipinski definition) is 2. The normalized spacial score (nSPS) is 10.7. The number of primary amides is 1. The van der Waals surface area contributed by atoms with Crippen LogP contribution in [0.4, 0.5) is 5.00 Å². The molecular formula is C18H16N2O2S. The Hall–Kier alpha value is -2.66. The van der Waals surface area contributed by atoms with E-state index in [1.165, 1.54) is 11.3 Å². The molecule has 0 radical (unpaired) electrons. The van der Waals surface area contributed by atoms with E-state index in [0.29, 0.717) is 16.1 Å². The molecule has 3 N–H and O–H groups in total. The standard InChI is InChI=1S/C18H16N2O2S/c1-10-11(2)23-18(15(10)16(19)21)20-17(22)14-9-5-7-12-6-3-4-8-13(12)14/h3-9H,1-2H3,(H2,19,21)(H,20,22). The summed E-state index contributed by atoms with van der Waals surface area (Å²) >= 11 is 1.36. The molecule has 0 bridgehead atoms. The summed E-state index contributed by atoms with van der Waals surface area (Å²) in [6, 6.07) is 13.3. The maximum absolute atomic E-state index is 12.7.